The molecule has 0 atom stereocenters. The first-order chi connectivity index (χ1) is 14.4. The van der Waals surface area contributed by atoms with Crippen molar-refractivity contribution in [3.05, 3.63) is 70.8 Å². The van der Waals surface area contributed by atoms with Crippen LogP contribution < -0.4 is 5.32 Å². The molecule has 0 spiro atoms. The van der Waals surface area contributed by atoms with Gasteiger partial charge in [-0.2, -0.15) is 0 Å². The van der Waals surface area contributed by atoms with E-state index in [0.29, 0.717) is 31.0 Å². The minimum absolute atomic E-state index is 0.166. The molecular weight excluding hydrogens is 381 g/mol. The molecule has 1 amide bonds. The molecule has 0 radical (unpaired) electrons. The van der Waals surface area contributed by atoms with E-state index in [0.717, 1.165) is 33.8 Å². The summed E-state index contributed by atoms with van der Waals surface area (Å²) in [7, 11) is 0. The Morgan fingerprint density at radius 3 is 2.63 bits per heavy atom. The number of carbonyl (C=O) groups is 1. The zero-order chi connectivity index (χ0) is 21.3. The number of aromatic hydroxyl groups is 1. The number of phenolic OH excluding ortho intramolecular Hbond substituents is 1. The summed E-state index contributed by atoms with van der Waals surface area (Å²) in [5, 5.41) is 12.3. The number of amides is 1. The summed E-state index contributed by atoms with van der Waals surface area (Å²) in [5.74, 6) is 0.571. The van der Waals surface area contributed by atoms with Gasteiger partial charge in [-0.1, -0.05) is 26.0 Å². The van der Waals surface area contributed by atoms with E-state index in [2.05, 4.69) is 19.2 Å². The summed E-state index contributed by atoms with van der Waals surface area (Å²) in [4.78, 5) is 22.2. The Bertz CT molecular complexity index is 1090. The van der Waals surface area contributed by atoms with Gasteiger partial charge < -0.3 is 10.4 Å². The van der Waals surface area contributed by atoms with E-state index >= 15 is 0 Å². The number of aryl methyl sites for hydroxylation is 2. The molecule has 1 heterocycles. The van der Waals surface area contributed by atoms with E-state index in [1.54, 1.807) is 36.4 Å². The van der Waals surface area contributed by atoms with Gasteiger partial charge in [0.15, 0.2) is 5.82 Å². The second-order valence-corrected chi connectivity index (χ2v) is 8.11. The molecule has 2 aromatic carbocycles. The fourth-order valence-electron chi connectivity index (χ4n) is 3.75. The topological polar surface area (TPSA) is 75.1 Å². The van der Waals surface area contributed by atoms with Crippen LogP contribution in [0.3, 0.4) is 0 Å². The van der Waals surface area contributed by atoms with E-state index in [-0.39, 0.29) is 23.9 Å². The smallest absolute Gasteiger partial charge is 0.229 e. The Morgan fingerprint density at radius 1 is 1.13 bits per heavy atom. The van der Waals surface area contributed by atoms with Crippen LogP contribution in [0.4, 0.5) is 10.2 Å². The number of phenols is 1. The average Bonchev–Trinajstić information content (AvgIpc) is 2.69. The number of benzene rings is 2. The molecule has 0 unspecified atom stereocenters. The van der Waals surface area contributed by atoms with Gasteiger partial charge in [0.25, 0.3) is 0 Å². The van der Waals surface area contributed by atoms with Gasteiger partial charge in [-0.05, 0) is 66.6 Å². The molecule has 0 aliphatic heterocycles. The first-order valence-corrected chi connectivity index (χ1v) is 10.2. The van der Waals surface area contributed by atoms with Crippen LogP contribution in [0.2, 0.25) is 0 Å². The second-order valence-electron chi connectivity index (χ2n) is 8.11. The van der Waals surface area contributed by atoms with E-state index in [9.17, 15) is 14.3 Å². The van der Waals surface area contributed by atoms with Crippen molar-refractivity contribution in [3.63, 3.8) is 0 Å². The van der Waals surface area contributed by atoms with E-state index < -0.39 is 0 Å². The highest BCUT2D eigenvalue weighted by atomic mass is 19.1. The minimum atomic E-state index is -0.245. The van der Waals surface area contributed by atoms with Crippen molar-refractivity contribution in [2.45, 2.75) is 39.5 Å². The van der Waals surface area contributed by atoms with Crippen LogP contribution >= 0.6 is 0 Å². The molecule has 0 bridgehead atoms. The zero-order valence-corrected chi connectivity index (χ0v) is 17.1. The van der Waals surface area contributed by atoms with Crippen LogP contribution in [-0.2, 0) is 30.5 Å². The van der Waals surface area contributed by atoms with E-state index in [1.807, 2.05) is 0 Å². The SMILES string of the molecule is CC(C)Cc1nc2c(nc1NC(=O)Cc1ccc(O)cc1)CCc1cc(F)ccc1-2. The molecule has 4 rings (SSSR count). The van der Waals surface area contributed by atoms with Crippen LogP contribution in [0, 0.1) is 11.7 Å². The number of nitrogens with zero attached hydrogens (tertiary/aromatic N) is 2. The lowest BCUT2D eigenvalue weighted by molar-refractivity contribution is -0.115. The highest BCUT2D eigenvalue weighted by Crippen LogP contribution is 2.33. The normalized spacial score (nSPS) is 12.4. The number of nitrogens with one attached hydrogen (secondary N) is 1. The molecule has 5 nitrogen and oxygen atoms in total. The number of carbonyl (C=O) groups excluding carboxylic acids is 1. The molecule has 3 aromatic rings. The summed E-state index contributed by atoms with van der Waals surface area (Å²) in [6.45, 7) is 4.18. The van der Waals surface area contributed by atoms with Gasteiger partial charge in [-0.25, -0.2) is 14.4 Å². The third-order valence-corrected chi connectivity index (χ3v) is 5.15. The summed E-state index contributed by atoms with van der Waals surface area (Å²) in [6, 6.07) is 11.3. The lowest BCUT2D eigenvalue weighted by atomic mass is 9.91. The number of hydrogen-bond acceptors (Lipinski definition) is 4. The number of fused-ring (bicyclic) bond motifs is 3. The van der Waals surface area contributed by atoms with Gasteiger partial charge in [-0.15, -0.1) is 0 Å². The van der Waals surface area contributed by atoms with Crippen molar-refractivity contribution < 1.29 is 14.3 Å². The maximum atomic E-state index is 13.6. The molecule has 2 N–H and O–H groups in total. The molecular formula is C24H24FN3O2. The molecule has 154 valence electrons. The highest BCUT2D eigenvalue weighted by Gasteiger charge is 2.23. The maximum Gasteiger partial charge on any atom is 0.229 e. The second kappa shape index (κ2) is 8.22. The van der Waals surface area contributed by atoms with Crippen molar-refractivity contribution in [1.29, 1.82) is 0 Å². The number of rotatable bonds is 5. The minimum Gasteiger partial charge on any atom is -0.508 e. The molecule has 0 saturated carbocycles. The largest absolute Gasteiger partial charge is 0.508 e. The van der Waals surface area contributed by atoms with E-state index in [4.69, 9.17) is 9.97 Å². The molecule has 1 aliphatic rings. The summed E-state index contributed by atoms with van der Waals surface area (Å²) >= 11 is 0. The molecule has 30 heavy (non-hydrogen) atoms. The van der Waals surface area contributed by atoms with Crippen molar-refractivity contribution in [2.75, 3.05) is 5.32 Å². The van der Waals surface area contributed by atoms with Gasteiger partial charge in [0.1, 0.15) is 11.6 Å². The van der Waals surface area contributed by atoms with Crippen LogP contribution in [0.15, 0.2) is 42.5 Å². The first kappa shape index (κ1) is 20.0. The van der Waals surface area contributed by atoms with Crippen molar-refractivity contribution in [1.82, 2.24) is 9.97 Å². The molecule has 1 aliphatic carbocycles. The van der Waals surface area contributed by atoms with Gasteiger partial charge >= 0.3 is 0 Å². The summed E-state index contributed by atoms with van der Waals surface area (Å²) < 4.78 is 13.6. The van der Waals surface area contributed by atoms with Crippen molar-refractivity contribution >= 4 is 11.7 Å². The Balaban J connectivity index is 1.65. The first-order valence-electron chi connectivity index (χ1n) is 10.2. The molecule has 0 saturated heterocycles. The van der Waals surface area contributed by atoms with Crippen LogP contribution in [-0.4, -0.2) is 21.0 Å². The fraction of sp³-hybridized carbons (Fsp3) is 0.292. The number of halogens is 1. The highest BCUT2D eigenvalue weighted by molar-refractivity contribution is 5.92. The Labute approximate surface area is 175 Å². The van der Waals surface area contributed by atoms with Crippen LogP contribution in [0.1, 0.15) is 36.4 Å². The molecule has 6 heteroatoms. The van der Waals surface area contributed by atoms with Gasteiger partial charge in [-0.3, -0.25) is 4.79 Å². The lowest BCUT2D eigenvalue weighted by Gasteiger charge is -2.21. The third kappa shape index (κ3) is 4.32. The number of aromatic nitrogens is 2. The van der Waals surface area contributed by atoms with Crippen LogP contribution in [0.5, 0.6) is 5.75 Å². The molecule has 0 fully saturated rings. The van der Waals surface area contributed by atoms with Crippen LogP contribution in [0.25, 0.3) is 11.3 Å². The van der Waals surface area contributed by atoms with Gasteiger partial charge in [0.05, 0.1) is 23.5 Å². The summed E-state index contributed by atoms with van der Waals surface area (Å²) in [6.07, 6.45) is 2.20. The Kier molecular flexibility index (Phi) is 5.48. The number of anilines is 1. The summed E-state index contributed by atoms with van der Waals surface area (Å²) in [5.41, 5.74) is 5.00. The fourth-order valence-corrected chi connectivity index (χ4v) is 3.75. The quantitative estimate of drug-likeness (QED) is 0.657. The average molecular weight is 405 g/mol. The predicted octanol–water partition coefficient (Wildman–Crippen LogP) is 4.47. The lowest BCUT2D eigenvalue weighted by Crippen LogP contribution is -2.20. The number of hydrogen-bond donors (Lipinski definition) is 2. The standard InChI is InChI=1S/C24H24FN3O2/c1-14(2)11-21-24(28-22(30)12-15-3-7-18(29)8-4-15)27-20-10-5-16-13-17(25)6-9-19(16)23(20)26-21/h3-4,6-9,13-14,29H,5,10-12H2,1-2H3,(H,27,28,30). The third-order valence-electron chi connectivity index (χ3n) is 5.15. The van der Waals surface area contributed by atoms with Gasteiger partial charge in [0, 0.05) is 5.56 Å². The van der Waals surface area contributed by atoms with E-state index in [1.165, 1.54) is 6.07 Å². The Morgan fingerprint density at radius 2 is 1.90 bits per heavy atom. The maximum absolute atomic E-state index is 13.6. The predicted molar refractivity (Wildman–Crippen MR) is 114 cm³/mol. The van der Waals surface area contributed by atoms with Gasteiger partial charge in [0.2, 0.25) is 5.91 Å². The van der Waals surface area contributed by atoms with Crippen molar-refractivity contribution in [3.8, 4) is 17.0 Å². The molecule has 1 aromatic heterocycles. The Hall–Kier alpha value is -3.28. The van der Waals surface area contributed by atoms with Crippen molar-refractivity contribution in [2.24, 2.45) is 5.92 Å². The monoisotopic (exact) mass is 405 g/mol. The zero-order valence-electron chi connectivity index (χ0n) is 17.1.